The van der Waals surface area contributed by atoms with Crippen molar-refractivity contribution in [1.29, 1.82) is 0 Å². The number of imidazole rings is 1. The van der Waals surface area contributed by atoms with E-state index in [2.05, 4.69) is 26.6 Å². The average Bonchev–Trinajstić information content (AvgIpc) is 3.10. The Labute approximate surface area is 115 Å². The summed E-state index contributed by atoms with van der Waals surface area (Å²) in [7, 11) is 0. The number of anilines is 1. The van der Waals surface area contributed by atoms with E-state index in [9.17, 15) is 0 Å². The normalized spacial score (nSPS) is 11.2. The predicted octanol–water partition coefficient (Wildman–Crippen LogP) is 2.82. The molecule has 98 valence electrons. The minimum Gasteiger partial charge on any atom is -0.379 e. The Morgan fingerprint density at radius 3 is 3.15 bits per heavy atom. The Kier molecular flexibility index (Phi) is 2.42. The van der Waals surface area contributed by atoms with Gasteiger partial charge in [-0.1, -0.05) is 6.07 Å². The number of hydrogen-bond acceptors (Lipinski definition) is 3. The van der Waals surface area contributed by atoms with Crippen LogP contribution in [0.4, 0.5) is 5.69 Å². The molecule has 0 aliphatic heterocycles. The Morgan fingerprint density at radius 2 is 2.20 bits per heavy atom. The summed E-state index contributed by atoms with van der Waals surface area (Å²) in [5.74, 6) is 0. The van der Waals surface area contributed by atoms with E-state index in [4.69, 9.17) is 0 Å². The van der Waals surface area contributed by atoms with Gasteiger partial charge < -0.3 is 9.72 Å². The monoisotopic (exact) mass is 263 g/mol. The molecule has 0 spiro atoms. The van der Waals surface area contributed by atoms with Crippen molar-refractivity contribution in [3.05, 3.63) is 60.7 Å². The minimum atomic E-state index is 0.699. The molecule has 1 aromatic carbocycles. The van der Waals surface area contributed by atoms with E-state index in [1.807, 2.05) is 53.3 Å². The number of aromatic nitrogens is 4. The van der Waals surface area contributed by atoms with Gasteiger partial charge in [0.05, 0.1) is 24.0 Å². The molecule has 2 N–H and O–H groups in total. The number of fused-ring (bicyclic) bond motifs is 2. The molecule has 0 bridgehead atoms. The molecule has 5 nitrogen and oxygen atoms in total. The Hall–Kier alpha value is -2.82. The third-order valence-corrected chi connectivity index (χ3v) is 3.33. The van der Waals surface area contributed by atoms with Gasteiger partial charge >= 0.3 is 0 Å². The molecule has 5 heteroatoms. The number of aromatic amines is 1. The van der Waals surface area contributed by atoms with Gasteiger partial charge in [-0.2, -0.15) is 5.10 Å². The molecule has 4 rings (SSSR count). The van der Waals surface area contributed by atoms with Crippen LogP contribution in [-0.4, -0.2) is 19.6 Å². The zero-order valence-corrected chi connectivity index (χ0v) is 10.7. The number of pyridine rings is 1. The Balaban J connectivity index is 1.56. The summed E-state index contributed by atoms with van der Waals surface area (Å²) in [6, 6.07) is 12.1. The molecule has 4 aromatic rings. The predicted molar refractivity (Wildman–Crippen MR) is 78.6 cm³/mol. The second-order valence-electron chi connectivity index (χ2n) is 4.72. The van der Waals surface area contributed by atoms with Crippen LogP contribution in [-0.2, 0) is 6.54 Å². The summed E-state index contributed by atoms with van der Waals surface area (Å²) in [4.78, 5) is 4.56. The minimum absolute atomic E-state index is 0.699. The lowest BCUT2D eigenvalue weighted by Gasteiger charge is -2.03. The summed E-state index contributed by atoms with van der Waals surface area (Å²) in [6.07, 6.45) is 5.87. The van der Waals surface area contributed by atoms with Crippen molar-refractivity contribution in [2.45, 2.75) is 6.54 Å². The molecular weight excluding hydrogens is 250 g/mol. The summed E-state index contributed by atoms with van der Waals surface area (Å²) in [6.45, 7) is 0.699. The molecule has 0 unspecified atom stereocenters. The van der Waals surface area contributed by atoms with Crippen molar-refractivity contribution >= 4 is 22.2 Å². The first kappa shape index (κ1) is 11.0. The number of rotatable bonds is 3. The first-order valence-corrected chi connectivity index (χ1v) is 6.48. The molecule has 3 heterocycles. The number of H-pyrrole nitrogens is 1. The summed E-state index contributed by atoms with van der Waals surface area (Å²) in [5.41, 5.74) is 4.09. The number of benzene rings is 1. The van der Waals surface area contributed by atoms with Crippen LogP contribution in [0.5, 0.6) is 0 Å². The van der Waals surface area contributed by atoms with Gasteiger partial charge in [0.2, 0.25) is 0 Å². The molecule has 0 radical (unpaired) electrons. The van der Waals surface area contributed by atoms with Gasteiger partial charge in [0, 0.05) is 23.5 Å². The second-order valence-corrected chi connectivity index (χ2v) is 4.72. The van der Waals surface area contributed by atoms with Crippen molar-refractivity contribution in [3.8, 4) is 0 Å². The fraction of sp³-hybridized carbons (Fsp3) is 0.0667. The lowest BCUT2D eigenvalue weighted by molar-refractivity contribution is 1.08. The third-order valence-electron chi connectivity index (χ3n) is 3.33. The lowest BCUT2D eigenvalue weighted by atomic mass is 10.2. The van der Waals surface area contributed by atoms with Crippen LogP contribution in [0, 0.1) is 0 Å². The van der Waals surface area contributed by atoms with E-state index in [0.29, 0.717) is 6.54 Å². The lowest BCUT2D eigenvalue weighted by Crippen LogP contribution is -1.99. The highest BCUT2D eigenvalue weighted by molar-refractivity contribution is 5.81. The molecule has 0 amide bonds. The standard InChI is InChI=1S/C15H13N5/c1-2-6-20-10-13(18-15(20)3-1)9-16-12-4-5-14-11(7-12)8-17-19-14/h1-8,10,16H,9H2,(H,17,19). The maximum absolute atomic E-state index is 4.56. The topological polar surface area (TPSA) is 58.0 Å². The fourth-order valence-corrected chi connectivity index (χ4v) is 2.32. The molecule has 20 heavy (non-hydrogen) atoms. The maximum Gasteiger partial charge on any atom is 0.137 e. The van der Waals surface area contributed by atoms with Crippen LogP contribution in [0.15, 0.2) is 55.0 Å². The van der Waals surface area contributed by atoms with E-state index in [1.165, 1.54) is 0 Å². The van der Waals surface area contributed by atoms with Crippen molar-refractivity contribution in [3.63, 3.8) is 0 Å². The Morgan fingerprint density at radius 1 is 1.20 bits per heavy atom. The SMILES string of the molecule is c1ccn2cc(CNc3ccc4[nH]ncc4c3)nc2c1. The molecule has 3 aromatic heterocycles. The van der Waals surface area contributed by atoms with Crippen LogP contribution in [0.2, 0.25) is 0 Å². The van der Waals surface area contributed by atoms with Crippen LogP contribution >= 0.6 is 0 Å². The zero-order valence-electron chi connectivity index (χ0n) is 10.7. The van der Waals surface area contributed by atoms with Crippen LogP contribution < -0.4 is 5.32 Å². The van der Waals surface area contributed by atoms with Crippen molar-refractivity contribution < 1.29 is 0 Å². The van der Waals surface area contributed by atoms with Crippen LogP contribution in [0.25, 0.3) is 16.6 Å². The van der Waals surface area contributed by atoms with Crippen LogP contribution in [0.3, 0.4) is 0 Å². The number of nitrogens with zero attached hydrogens (tertiary/aromatic N) is 3. The molecule has 0 aliphatic rings. The van der Waals surface area contributed by atoms with Gasteiger partial charge in [0.15, 0.2) is 0 Å². The van der Waals surface area contributed by atoms with Gasteiger partial charge in [-0.15, -0.1) is 0 Å². The molecule has 0 saturated heterocycles. The van der Waals surface area contributed by atoms with E-state index in [-0.39, 0.29) is 0 Å². The van der Waals surface area contributed by atoms with Crippen molar-refractivity contribution in [2.24, 2.45) is 0 Å². The largest absolute Gasteiger partial charge is 0.379 e. The van der Waals surface area contributed by atoms with Gasteiger partial charge in [-0.25, -0.2) is 4.98 Å². The zero-order chi connectivity index (χ0) is 13.4. The molecule has 0 fully saturated rings. The average molecular weight is 263 g/mol. The maximum atomic E-state index is 4.56. The Bertz CT molecular complexity index is 839. The molecular formula is C15H13N5. The highest BCUT2D eigenvalue weighted by Gasteiger charge is 2.02. The van der Waals surface area contributed by atoms with Crippen LogP contribution in [0.1, 0.15) is 5.69 Å². The smallest absolute Gasteiger partial charge is 0.137 e. The number of nitrogens with one attached hydrogen (secondary N) is 2. The summed E-state index contributed by atoms with van der Waals surface area (Å²) < 4.78 is 2.02. The van der Waals surface area contributed by atoms with E-state index >= 15 is 0 Å². The molecule has 0 aliphatic carbocycles. The molecule has 0 atom stereocenters. The van der Waals surface area contributed by atoms with Gasteiger partial charge in [0.1, 0.15) is 5.65 Å². The van der Waals surface area contributed by atoms with Crippen molar-refractivity contribution in [2.75, 3.05) is 5.32 Å². The molecule has 0 saturated carbocycles. The highest BCUT2D eigenvalue weighted by Crippen LogP contribution is 2.17. The fourth-order valence-electron chi connectivity index (χ4n) is 2.32. The van der Waals surface area contributed by atoms with E-state index < -0.39 is 0 Å². The van der Waals surface area contributed by atoms with Gasteiger partial charge in [0.25, 0.3) is 0 Å². The number of hydrogen-bond donors (Lipinski definition) is 2. The van der Waals surface area contributed by atoms with E-state index in [0.717, 1.165) is 27.9 Å². The first-order chi connectivity index (χ1) is 9.88. The van der Waals surface area contributed by atoms with Gasteiger partial charge in [-0.05, 0) is 30.3 Å². The first-order valence-electron chi connectivity index (χ1n) is 6.48. The third kappa shape index (κ3) is 1.89. The summed E-state index contributed by atoms with van der Waals surface area (Å²) >= 11 is 0. The second kappa shape index (κ2) is 4.38. The summed E-state index contributed by atoms with van der Waals surface area (Å²) in [5, 5.41) is 11.5. The van der Waals surface area contributed by atoms with Gasteiger partial charge in [-0.3, -0.25) is 5.10 Å². The van der Waals surface area contributed by atoms with E-state index in [1.54, 1.807) is 0 Å². The quantitative estimate of drug-likeness (QED) is 0.597. The highest BCUT2D eigenvalue weighted by atomic mass is 15.1. The van der Waals surface area contributed by atoms with Crippen molar-refractivity contribution in [1.82, 2.24) is 19.6 Å².